The summed E-state index contributed by atoms with van der Waals surface area (Å²) < 4.78 is 7.08. The van der Waals surface area contributed by atoms with E-state index in [1.807, 2.05) is 19.9 Å². The summed E-state index contributed by atoms with van der Waals surface area (Å²) in [5.41, 5.74) is 3.00. The SMILES string of the molecule is COc1ccc(Cl)cc1N1C[C@H](C(=O)Nc2ccc(-n3nc(C)cc3C)nc2)CC1=O. The highest BCUT2D eigenvalue weighted by Gasteiger charge is 2.36. The molecule has 160 valence electrons. The molecule has 0 spiro atoms. The van der Waals surface area contributed by atoms with Gasteiger partial charge < -0.3 is 15.0 Å². The lowest BCUT2D eigenvalue weighted by Crippen LogP contribution is -2.28. The number of nitrogens with one attached hydrogen (secondary N) is 1. The summed E-state index contributed by atoms with van der Waals surface area (Å²) in [6.45, 7) is 4.12. The average molecular weight is 440 g/mol. The van der Waals surface area contributed by atoms with Crippen LogP contribution >= 0.6 is 11.6 Å². The Labute approximate surface area is 184 Å². The van der Waals surface area contributed by atoms with Crippen molar-refractivity contribution in [3.05, 3.63) is 59.0 Å². The second kappa shape index (κ2) is 8.39. The number of carbonyl (C=O) groups is 2. The minimum atomic E-state index is -0.494. The zero-order valence-electron chi connectivity index (χ0n) is 17.4. The first-order valence-corrected chi connectivity index (χ1v) is 10.2. The van der Waals surface area contributed by atoms with Crippen molar-refractivity contribution in [1.82, 2.24) is 14.8 Å². The predicted octanol–water partition coefficient (Wildman–Crippen LogP) is 3.54. The lowest BCUT2D eigenvalue weighted by atomic mass is 10.1. The van der Waals surface area contributed by atoms with Gasteiger partial charge in [0.2, 0.25) is 11.8 Å². The van der Waals surface area contributed by atoms with Crippen LogP contribution in [0.5, 0.6) is 5.75 Å². The molecule has 0 aliphatic carbocycles. The van der Waals surface area contributed by atoms with Gasteiger partial charge in [0.05, 0.1) is 36.3 Å². The number of amides is 2. The Bertz CT molecular complexity index is 1140. The van der Waals surface area contributed by atoms with Crippen molar-refractivity contribution in [3.63, 3.8) is 0 Å². The van der Waals surface area contributed by atoms with E-state index in [1.165, 1.54) is 7.11 Å². The fourth-order valence-electron chi connectivity index (χ4n) is 3.68. The molecule has 2 amide bonds. The van der Waals surface area contributed by atoms with Crippen LogP contribution in [0.4, 0.5) is 11.4 Å². The molecule has 2 aromatic heterocycles. The fraction of sp³-hybridized carbons (Fsp3) is 0.273. The number of nitrogens with zero attached hydrogens (tertiary/aromatic N) is 4. The summed E-state index contributed by atoms with van der Waals surface area (Å²) in [5, 5.41) is 7.74. The number of anilines is 2. The molecule has 0 unspecified atom stereocenters. The van der Waals surface area contributed by atoms with Crippen LogP contribution in [-0.2, 0) is 9.59 Å². The Morgan fingerprint density at radius 2 is 2.03 bits per heavy atom. The molecule has 8 nitrogen and oxygen atoms in total. The van der Waals surface area contributed by atoms with Crippen LogP contribution in [0.15, 0.2) is 42.6 Å². The smallest absolute Gasteiger partial charge is 0.229 e. The van der Waals surface area contributed by atoms with Crippen molar-refractivity contribution < 1.29 is 14.3 Å². The molecule has 3 heterocycles. The molecule has 1 saturated heterocycles. The van der Waals surface area contributed by atoms with E-state index >= 15 is 0 Å². The first-order chi connectivity index (χ1) is 14.9. The van der Waals surface area contributed by atoms with E-state index < -0.39 is 5.92 Å². The number of hydrogen-bond donors (Lipinski definition) is 1. The largest absolute Gasteiger partial charge is 0.495 e. The molecule has 1 aromatic carbocycles. The molecule has 1 atom stereocenters. The van der Waals surface area contributed by atoms with Crippen LogP contribution in [0.1, 0.15) is 17.8 Å². The van der Waals surface area contributed by atoms with Crippen molar-refractivity contribution in [3.8, 4) is 11.6 Å². The Morgan fingerprint density at radius 3 is 2.68 bits per heavy atom. The Kier molecular flexibility index (Phi) is 5.65. The maximum atomic E-state index is 12.8. The fourth-order valence-corrected chi connectivity index (χ4v) is 3.85. The van der Waals surface area contributed by atoms with Gasteiger partial charge in [-0.2, -0.15) is 5.10 Å². The van der Waals surface area contributed by atoms with E-state index in [0.29, 0.717) is 28.0 Å². The third kappa shape index (κ3) is 4.25. The molecule has 1 aliphatic rings. The first kappa shape index (κ1) is 20.9. The number of aryl methyl sites for hydroxylation is 2. The first-order valence-electron chi connectivity index (χ1n) is 9.80. The lowest BCUT2D eigenvalue weighted by molar-refractivity contribution is -0.122. The van der Waals surface area contributed by atoms with Crippen molar-refractivity contribution in [2.75, 3.05) is 23.9 Å². The monoisotopic (exact) mass is 439 g/mol. The average Bonchev–Trinajstić information content (AvgIpc) is 3.30. The summed E-state index contributed by atoms with van der Waals surface area (Å²) in [7, 11) is 1.53. The Balaban J connectivity index is 1.45. The van der Waals surface area contributed by atoms with Crippen molar-refractivity contribution in [2.24, 2.45) is 5.92 Å². The predicted molar refractivity (Wildman–Crippen MR) is 118 cm³/mol. The van der Waals surface area contributed by atoms with Gasteiger partial charge in [-0.25, -0.2) is 9.67 Å². The van der Waals surface area contributed by atoms with Gasteiger partial charge in [-0.3, -0.25) is 9.59 Å². The molecule has 1 aliphatic heterocycles. The van der Waals surface area contributed by atoms with Gasteiger partial charge in [-0.05, 0) is 50.2 Å². The zero-order valence-corrected chi connectivity index (χ0v) is 18.2. The highest BCUT2D eigenvalue weighted by atomic mass is 35.5. The van der Waals surface area contributed by atoms with Gasteiger partial charge in [0.15, 0.2) is 5.82 Å². The minimum absolute atomic E-state index is 0.110. The third-order valence-corrected chi connectivity index (χ3v) is 5.40. The molecule has 3 aromatic rings. The number of methoxy groups -OCH3 is 1. The highest BCUT2D eigenvalue weighted by Crippen LogP contribution is 2.35. The number of pyridine rings is 1. The van der Waals surface area contributed by atoms with Crippen molar-refractivity contribution in [1.29, 1.82) is 0 Å². The van der Waals surface area contributed by atoms with Crippen LogP contribution in [-0.4, -0.2) is 40.2 Å². The number of ether oxygens (including phenoxy) is 1. The number of hydrogen-bond acceptors (Lipinski definition) is 5. The van der Waals surface area contributed by atoms with Gasteiger partial charge in [0, 0.05) is 23.7 Å². The summed E-state index contributed by atoms with van der Waals surface area (Å²) in [6, 6.07) is 10.6. The van der Waals surface area contributed by atoms with Crippen LogP contribution in [0, 0.1) is 19.8 Å². The van der Waals surface area contributed by atoms with E-state index in [-0.39, 0.29) is 24.8 Å². The molecule has 1 N–H and O–H groups in total. The third-order valence-electron chi connectivity index (χ3n) is 5.17. The van der Waals surface area contributed by atoms with Gasteiger partial charge in [0.25, 0.3) is 0 Å². The van der Waals surface area contributed by atoms with E-state index in [9.17, 15) is 9.59 Å². The molecule has 9 heteroatoms. The molecule has 1 fully saturated rings. The zero-order chi connectivity index (χ0) is 22.1. The van der Waals surface area contributed by atoms with Crippen molar-refractivity contribution in [2.45, 2.75) is 20.3 Å². The summed E-state index contributed by atoms with van der Waals surface area (Å²) >= 11 is 6.09. The van der Waals surface area contributed by atoms with Crippen molar-refractivity contribution >= 4 is 34.8 Å². The molecule has 0 bridgehead atoms. The van der Waals surface area contributed by atoms with Crippen LogP contribution < -0.4 is 15.0 Å². The Morgan fingerprint density at radius 1 is 1.23 bits per heavy atom. The number of rotatable bonds is 5. The van der Waals surface area contributed by atoms with E-state index in [4.69, 9.17) is 16.3 Å². The van der Waals surface area contributed by atoms with E-state index in [2.05, 4.69) is 15.4 Å². The number of carbonyl (C=O) groups excluding carboxylic acids is 2. The highest BCUT2D eigenvalue weighted by molar-refractivity contribution is 6.31. The minimum Gasteiger partial charge on any atom is -0.495 e. The van der Waals surface area contributed by atoms with Gasteiger partial charge in [0.1, 0.15) is 5.75 Å². The molecule has 0 saturated carbocycles. The van der Waals surface area contributed by atoms with Crippen LogP contribution in [0.2, 0.25) is 5.02 Å². The van der Waals surface area contributed by atoms with Gasteiger partial charge >= 0.3 is 0 Å². The Hall–Kier alpha value is -3.39. The molecule has 31 heavy (non-hydrogen) atoms. The summed E-state index contributed by atoms with van der Waals surface area (Å²) in [4.78, 5) is 31.3. The van der Waals surface area contributed by atoms with E-state index in [0.717, 1.165) is 11.4 Å². The standard InChI is InChI=1S/C22H22ClN5O3/c1-13-8-14(2)28(26-13)20-7-5-17(11-24-20)25-22(30)15-9-21(29)27(12-15)18-10-16(23)4-6-19(18)31-3/h4-8,10-11,15H,9,12H2,1-3H3,(H,25,30)/t15-/m1/s1. The molecular formula is C22H22ClN5O3. The normalized spacial score (nSPS) is 15.9. The number of benzene rings is 1. The van der Waals surface area contributed by atoms with Gasteiger partial charge in [-0.1, -0.05) is 11.6 Å². The quantitative estimate of drug-likeness (QED) is 0.656. The maximum absolute atomic E-state index is 12.8. The van der Waals surface area contributed by atoms with Gasteiger partial charge in [-0.15, -0.1) is 0 Å². The van der Waals surface area contributed by atoms with Crippen LogP contribution in [0.3, 0.4) is 0 Å². The van der Waals surface area contributed by atoms with E-state index in [1.54, 1.807) is 46.1 Å². The molecule has 4 rings (SSSR count). The topological polar surface area (TPSA) is 89.3 Å². The second-order valence-electron chi connectivity index (χ2n) is 7.45. The van der Waals surface area contributed by atoms with Crippen LogP contribution in [0.25, 0.3) is 5.82 Å². The summed E-state index contributed by atoms with van der Waals surface area (Å²) in [6.07, 6.45) is 1.69. The number of halogens is 1. The lowest BCUT2D eigenvalue weighted by Gasteiger charge is -2.19. The molecular weight excluding hydrogens is 418 g/mol. The maximum Gasteiger partial charge on any atom is 0.229 e. The summed E-state index contributed by atoms with van der Waals surface area (Å²) in [5.74, 6) is 0.310. The second-order valence-corrected chi connectivity index (χ2v) is 7.89. The molecule has 0 radical (unpaired) electrons. The number of aromatic nitrogens is 3.